The van der Waals surface area contributed by atoms with E-state index in [-0.39, 0.29) is 0 Å². The Morgan fingerprint density at radius 2 is 2.09 bits per heavy atom. The average molecular weight is 469 g/mol. The largest absolute Gasteiger partial charge is 0.611 e. The fourth-order valence-corrected chi connectivity index (χ4v) is 6.14. The molecule has 0 bridgehead atoms. The first-order valence-corrected chi connectivity index (χ1v) is 11.9. The highest BCUT2D eigenvalue weighted by Gasteiger charge is 2.25. The molecule has 1 atom stereocenters. The van der Waals surface area contributed by atoms with Crippen LogP contribution in [-0.2, 0) is 30.0 Å². The quantitative estimate of drug-likeness (QED) is 0.376. The second-order valence-electron chi connectivity index (χ2n) is 7.20. The number of rotatable bonds is 6. The monoisotopic (exact) mass is 468 g/mol. The van der Waals surface area contributed by atoms with Crippen LogP contribution in [0.1, 0.15) is 0 Å². The molecular formula is C20H20N8O2S2. The SMILES string of the molecule is COCC[S+]([O-])c1sc2nc(-c3cnc4c(c3)nnn4C)cc(-c3ccnn3C)c2c1N. The third-order valence-corrected chi connectivity index (χ3v) is 8.05. The Bertz CT molecular complexity index is 1440. The van der Waals surface area contributed by atoms with Crippen molar-refractivity contribution in [2.24, 2.45) is 14.1 Å². The van der Waals surface area contributed by atoms with E-state index in [1.54, 1.807) is 35.9 Å². The molecule has 0 fully saturated rings. The highest BCUT2D eigenvalue weighted by Crippen LogP contribution is 2.43. The molecule has 0 saturated heterocycles. The van der Waals surface area contributed by atoms with E-state index in [4.69, 9.17) is 15.5 Å². The minimum atomic E-state index is -1.28. The number of nitrogens with two attached hydrogens (primary N) is 1. The Morgan fingerprint density at radius 3 is 2.84 bits per heavy atom. The van der Waals surface area contributed by atoms with Crippen LogP contribution in [0, 0.1) is 0 Å². The predicted molar refractivity (Wildman–Crippen MR) is 125 cm³/mol. The van der Waals surface area contributed by atoms with Crippen LogP contribution in [0.2, 0.25) is 0 Å². The van der Waals surface area contributed by atoms with Crippen LogP contribution in [0.3, 0.4) is 0 Å². The van der Waals surface area contributed by atoms with Crippen molar-refractivity contribution >= 4 is 49.6 Å². The summed E-state index contributed by atoms with van der Waals surface area (Å²) in [7, 11) is 5.25. The predicted octanol–water partition coefficient (Wildman–Crippen LogP) is 2.38. The van der Waals surface area contributed by atoms with Gasteiger partial charge >= 0.3 is 0 Å². The van der Waals surface area contributed by atoms with Crippen LogP contribution < -0.4 is 5.73 Å². The van der Waals surface area contributed by atoms with Gasteiger partial charge in [0.1, 0.15) is 21.8 Å². The molecule has 0 aliphatic carbocycles. The Kier molecular flexibility index (Phi) is 5.29. The number of nitrogen functional groups attached to an aromatic ring is 1. The molecule has 5 aromatic heterocycles. The van der Waals surface area contributed by atoms with Gasteiger partial charge in [-0.25, -0.2) is 14.6 Å². The zero-order valence-electron chi connectivity index (χ0n) is 17.6. The minimum absolute atomic E-state index is 0.370. The maximum absolute atomic E-state index is 12.9. The van der Waals surface area contributed by atoms with Gasteiger partial charge in [-0.05, 0) is 18.2 Å². The topological polar surface area (TPSA) is 133 Å². The molecule has 0 amide bonds. The van der Waals surface area contributed by atoms with E-state index in [9.17, 15) is 4.55 Å². The van der Waals surface area contributed by atoms with E-state index >= 15 is 0 Å². The normalized spacial score (nSPS) is 12.8. The number of fused-ring (bicyclic) bond motifs is 2. The van der Waals surface area contributed by atoms with Crippen molar-refractivity contribution in [3.8, 4) is 22.5 Å². The van der Waals surface area contributed by atoms with Crippen molar-refractivity contribution in [3.63, 3.8) is 0 Å². The fourth-order valence-electron chi connectivity index (χ4n) is 3.58. The fraction of sp³-hybridized carbons (Fsp3) is 0.250. The second kappa shape index (κ2) is 8.13. The third kappa shape index (κ3) is 3.41. The van der Waals surface area contributed by atoms with Crippen molar-refractivity contribution in [2.45, 2.75) is 4.21 Å². The van der Waals surface area contributed by atoms with Crippen molar-refractivity contribution in [1.29, 1.82) is 0 Å². The van der Waals surface area contributed by atoms with Crippen LogP contribution in [0.5, 0.6) is 0 Å². The first-order valence-electron chi connectivity index (χ1n) is 9.72. The van der Waals surface area contributed by atoms with E-state index in [0.29, 0.717) is 43.9 Å². The molecule has 0 spiro atoms. The Hall–Kier alpha value is -3.06. The number of anilines is 1. The molecular weight excluding hydrogens is 448 g/mol. The number of aromatic nitrogens is 7. The highest BCUT2D eigenvalue weighted by atomic mass is 32.2. The molecule has 0 radical (unpaired) electrons. The molecule has 2 N–H and O–H groups in total. The summed E-state index contributed by atoms with van der Waals surface area (Å²) < 4.78 is 21.9. The number of nitrogens with zero attached hydrogens (tertiary/aromatic N) is 7. The summed E-state index contributed by atoms with van der Waals surface area (Å²) in [5, 5.41) is 13.3. The van der Waals surface area contributed by atoms with Crippen LogP contribution >= 0.6 is 11.3 Å². The third-order valence-electron chi connectivity index (χ3n) is 5.18. The summed E-state index contributed by atoms with van der Waals surface area (Å²) in [6.45, 7) is 0.386. The summed E-state index contributed by atoms with van der Waals surface area (Å²) in [5.74, 6) is 0.370. The number of hydrogen-bond acceptors (Lipinski definition) is 9. The molecule has 12 heteroatoms. The molecule has 5 aromatic rings. The number of thiophene rings is 1. The zero-order chi connectivity index (χ0) is 22.4. The maximum atomic E-state index is 12.9. The molecule has 10 nitrogen and oxygen atoms in total. The van der Waals surface area contributed by atoms with Gasteiger partial charge in [0.2, 0.25) is 4.21 Å². The lowest BCUT2D eigenvalue weighted by Gasteiger charge is -2.09. The molecule has 5 rings (SSSR count). The van der Waals surface area contributed by atoms with E-state index in [1.165, 1.54) is 11.3 Å². The van der Waals surface area contributed by atoms with Gasteiger partial charge in [-0.15, -0.1) is 5.10 Å². The Labute approximate surface area is 190 Å². The number of hydrogen-bond donors (Lipinski definition) is 1. The lowest BCUT2D eigenvalue weighted by atomic mass is 10.0. The van der Waals surface area contributed by atoms with E-state index < -0.39 is 11.2 Å². The van der Waals surface area contributed by atoms with Crippen LogP contribution in [-0.4, -0.2) is 58.8 Å². The summed E-state index contributed by atoms with van der Waals surface area (Å²) >= 11 is 0.0602. The van der Waals surface area contributed by atoms with Gasteiger partial charge in [-0.3, -0.25) is 4.68 Å². The van der Waals surface area contributed by atoms with Crippen molar-refractivity contribution < 1.29 is 9.29 Å². The molecule has 0 aromatic carbocycles. The molecule has 1 unspecified atom stereocenters. The molecule has 164 valence electrons. The van der Waals surface area contributed by atoms with Crippen LogP contribution in [0.15, 0.2) is 34.8 Å². The number of pyridine rings is 2. The van der Waals surface area contributed by atoms with Crippen molar-refractivity contribution in [3.05, 3.63) is 30.6 Å². The molecule has 0 aliphatic rings. The first kappa shape index (κ1) is 20.8. The van der Waals surface area contributed by atoms with Crippen LogP contribution in [0.4, 0.5) is 5.69 Å². The summed E-state index contributed by atoms with van der Waals surface area (Å²) in [6.07, 6.45) is 3.48. The summed E-state index contributed by atoms with van der Waals surface area (Å²) in [4.78, 5) is 10.0. The Morgan fingerprint density at radius 1 is 1.25 bits per heavy atom. The van der Waals surface area contributed by atoms with E-state index in [2.05, 4.69) is 20.4 Å². The smallest absolute Gasteiger partial charge is 0.232 e. The van der Waals surface area contributed by atoms with Gasteiger partial charge in [0.25, 0.3) is 0 Å². The van der Waals surface area contributed by atoms with Crippen molar-refractivity contribution in [1.82, 2.24) is 34.7 Å². The molecule has 32 heavy (non-hydrogen) atoms. The summed E-state index contributed by atoms with van der Waals surface area (Å²) in [5.41, 5.74) is 11.6. The highest BCUT2D eigenvalue weighted by molar-refractivity contribution is 7.93. The van der Waals surface area contributed by atoms with Gasteiger partial charge in [-0.2, -0.15) is 5.10 Å². The standard InChI is InChI=1S/C20H20N8O2S2/c1-27-15(4-5-23-27)12-9-13(11-8-14-18(22-10-11)28(2)26-25-14)24-19-16(12)17(21)20(31-19)32(29)7-6-30-3/h4-5,8-10H,6-7,21H2,1-3H3. The van der Waals surface area contributed by atoms with E-state index in [1.807, 2.05) is 25.2 Å². The summed E-state index contributed by atoms with van der Waals surface area (Å²) in [6, 6.07) is 5.79. The average Bonchev–Trinajstić information content (AvgIpc) is 3.48. The van der Waals surface area contributed by atoms with Crippen LogP contribution in [0.25, 0.3) is 43.9 Å². The number of methoxy groups -OCH3 is 1. The number of ether oxygens (including phenoxy) is 1. The van der Waals surface area contributed by atoms with Gasteiger partial charge in [-0.1, -0.05) is 16.6 Å². The zero-order valence-corrected chi connectivity index (χ0v) is 19.3. The van der Waals surface area contributed by atoms with Crippen molar-refractivity contribution in [2.75, 3.05) is 25.2 Å². The van der Waals surface area contributed by atoms with Gasteiger partial charge < -0.3 is 15.0 Å². The van der Waals surface area contributed by atoms with Gasteiger partial charge in [0.05, 0.1) is 18.0 Å². The molecule has 0 saturated carbocycles. The lowest BCUT2D eigenvalue weighted by molar-refractivity contribution is 0.217. The lowest BCUT2D eigenvalue weighted by Crippen LogP contribution is -2.11. The first-order chi connectivity index (χ1) is 15.5. The van der Waals surface area contributed by atoms with Gasteiger partial charge in [0.15, 0.2) is 5.65 Å². The molecule has 5 heterocycles. The second-order valence-corrected chi connectivity index (χ2v) is 9.97. The minimum Gasteiger partial charge on any atom is -0.611 e. The maximum Gasteiger partial charge on any atom is 0.232 e. The number of aryl methyl sites for hydroxylation is 2. The Balaban J connectivity index is 1.73. The van der Waals surface area contributed by atoms with E-state index in [0.717, 1.165) is 22.2 Å². The molecule has 0 aliphatic heterocycles. The van der Waals surface area contributed by atoms with Gasteiger partial charge in [0, 0.05) is 61.3 Å².